The van der Waals surface area contributed by atoms with Gasteiger partial charge in [-0.2, -0.15) is 0 Å². The summed E-state index contributed by atoms with van der Waals surface area (Å²) in [6.45, 7) is 5.98. The standard InChI is InChI=1S/C20H17ClN4OS2/c1-9-10(2)15-16(22)17(28-19(15)23-11(9)3)18(26)25-20-24-14(8-27-20)12-6-4-5-7-13(12)21/h4-8H,22H2,1-3H3,(H,24,25,26). The normalized spacial score (nSPS) is 11.1. The summed E-state index contributed by atoms with van der Waals surface area (Å²) >= 11 is 8.88. The molecular weight excluding hydrogens is 412 g/mol. The summed E-state index contributed by atoms with van der Waals surface area (Å²) in [5.74, 6) is -0.282. The van der Waals surface area contributed by atoms with Crippen molar-refractivity contribution in [2.75, 3.05) is 11.1 Å². The fraction of sp³-hybridized carbons (Fsp3) is 0.150. The summed E-state index contributed by atoms with van der Waals surface area (Å²) in [7, 11) is 0. The number of carbonyl (C=O) groups is 1. The largest absolute Gasteiger partial charge is 0.397 e. The first-order valence-corrected chi connectivity index (χ1v) is 10.6. The van der Waals surface area contributed by atoms with Crippen molar-refractivity contribution >= 4 is 61.2 Å². The quantitative estimate of drug-likeness (QED) is 0.430. The maximum absolute atomic E-state index is 12.8. The van der Waals surface area contributed by atoms with Crippen molar-refractivity contribution in [3.05, 3.63) is 56.4 Å². The molecule has 0 aliphatic carbocycles. The van der Waals surface area contributed by atoms with Crippen molar-refractivity contribution in [3.63, 3.8) is 0 Å². The highest BCUT2D eigenvalue weighted by atomic mass is 35.5. The van der Waals surface area contributed by atoms with Gasteiger partial charge >= 0.3 is 0 Å². The number of carbonyl (C=O) groups excluding carboxylic acids is 1. The Labute approximate surface area is 175 Å². The van der Waals surface area contributed by atoms with Crippen molar-refractivity contribution in [1.29, 1.82) is 0 Å². The Kier molecular flexibility index (Phi) is 4.82. The average molecular weight is 429 g/mol. The Hall–Kier alpha value is -2.48. The Bertz CT molecular complexity index is 1230. The molecule has 1 amide bonds. The first-order chi connectivity index (χ1) is 13.4. The number of aryl methyl sites for hydroxylation is 2. The number of nitrogens with one attached hydrogen (secondary N) is 1. The number of rotatable bonds is 3. The lowest BCUT2D eigenvalue weighted by Gasteiger charge is -2.05. The number of pyridine rings is 1. The summed E-state index contributed by atoms with van der Waals surface area (Å²) < 4.78 is 0. The van der Waals surface area contributed by atoms with E-state index in [1.54, 1.807) is 0 Å². The van der Waals surface area contributed by atoms with Crippen LogP contribution in [-0.4, -0.2) is 15.9 Å². The van der Waals surface area contributed by atoms with E-state index in [0.29, 0.717) is 20.7 Å². The number of anilines is 2. The van der Waals surface area contributed by atoms with E-state index in [2.05, 4.69) is 15.3 Å². The number of amides is 1. The molecule has 3 N–H and O–H groups in total. The highest BCUT2D eigenvalue weighted by Gasteiger charge is 2.21. The molecule has 3 heterocycles. The zero-order chi connectivity index (χ0) is 20.0. The van der Waals surface area contributed by atoms with E-state index in [1.165, 1.54) is 22.7 Å². The summed E-state index contributed by atoms with van der Waals surface area (Å²) in [5.41, 5.74) is 11.4. The molecule has 1 aromatic carbocycles. The number of benzene rings is 1. The molecule has 5 nitrogen and oxygen atoms in total. The number of nitrogens with zero attached hydrogens (tertiary/aromatic N) is 2. The molecule has 0 bridgehead atoms. The van der Waals surface area contributed by atoms with Gasteiger partial charge in [-0.25, -0.2) is 9.97 Å². The molecule has 8 heteroatoms. The minimum atomic E-state index is -0.282. The molecule has 0 fully saturated rings. The number of thiophene rings is 1. The zero-order valence-corrected chi connectivity index (χ0v) is 17.9. The van der Waals surface area contributed by atoms with E-state index in [9.17, 15) is 4.79 Å². The van der Waals surface area contributed by atoms with Crippen LogP contribution in [0.2, 0.25) is 5.02 Å². The molecule has 4 rings (SSSR count). The summed E-state index contributed by atoms with van der Waals surface area (Å²) in [6, 6.07) is 7.47. The lowest BCUT2D eigenvalue weighted by molar-refractivity contribution is 0.103. The van der Waals surface area contributed by atoms with Crippen LogP contribution in [0.15, 0.2) is 29.6 Å². The predicted molar refractivity (Wildman–Crippen MR) is 119 cm³/mol. The van der Waals surface area contributed by atoms with Gasteiger partial charge in [-0.1, -0.05) is 29.8 Å². The molecule has 3 aromatic heterocycles. The minimum Gasteiger partial charge on any atom is -0.397 e. The third-order valence-electron chi connectivity index (χ3n) is 4.76. The van der Waals surface area contributed by atoms with Crippen LogP contribution in [0.3, 0.4) is 0 Å². The molecule has 0 aliphatic heterocycles. The van der Waals surface area contributed by atoms with Crippen molar-refractivity contribution in [3.8, 4) is 11.3 Å². The Morgan fingerprint density at radius 1 is 1.14 bits per heavy atom. The fourth-order valence-corrected chi connectivity index (χ4v) is 5.05. The monoisotopic (exact) mass is 428 g/mol. The highest BCUT2D eigenvalue weighted by molar-refractivity contribution is 7.21. The van der Waals surface area contributed by atoms with E-state index >= 15 is 0 Å². The van der Waals surface area contributed by atoms with Gasteiger partial charge < -0.3 is 5.73 Å². The predicted octanol–water partition coefficient (Wildman–Crippen LogP) is 5.83. The number of fused-ring (bicyclic) bond motifs is 1. The molecule has 0 radical (unpaired) electrons. The van der Waals surface area contributed by atoms with Crippen molar-refractivity contribution in [2.24, 2.45) is 0 Å². The summed E-state index contributed by atoms with van der Waals surface area (Å²) in [6.07, 6.45) is 0. The van der Waals surface area contributed by atoms with E-state index in [4.69, 9.17) is 17.3 Å². The second-order valence-electron chi connectivity index (χ2n) is 6.44. The molecule has 0 saturated heterocycles. The Balaban J connectivity index is 1.66. The van der Waals surface area contributed by atoms with E-state index in [-0.39, 0.29) is 5.91 Å². The average Bonchev–Trinajstić information content (AvgIpc) is 3.25. The molecule has 0 aliphatic rings. The van der Waals surface area contributed by atoms with Crippen molar-refractivity contribution in [1.82, 2.24) is 9.97 Å². The highest BCUT2D eigenvalue weighted by Crippen LogP contribution is 2.37. The van der Waals surface area contributed by atoms with Gasteiger partial charge in [0.05, 0.1) is 11.4 Å². The molecule has 28 heavy (non-hydrogen) atoms. The smallest absolute Gasteiger partial charge is 0.269 e. The minimum absolute atomic E-state index is 0.282. The number of thiazole rings is 1. The SMILES string of the molecule is Cc1nc2sc(C(=O)Nc3nc(-c4ccccc4Cl)cs3)c(N)c2c(C)c1C. The summed E-state index contributed by atoms with van der Waals surface area (Å²) in [5, 5.41) is 6.68. The van der Waals surface area contributed by atoms with Crippen LogP contribution in [0.4, 0.5) is 10.8 Å². The van der Waals surface area contributed by atoms with Crippen LogP contribution in [0.25, 0.3) is 21.5 Å². The third kappa shape index (κ3) is 3.15. The van der Waals surface area contributed by atoms with Gasteiger partial charge in [-0.05, 0) is 38.0 Å². The van der Waals surface area contributed by atoms with Gasteiger partial charge in [0.1, 0.15) is 9.71 Å². The Morgan fingerprint density at radius 2 is 1.89 bits per heavy atom. The second-order valence-corrected chi connectivity index (χ2v) is 8.71. The van der Waals surface area contributed by atoms with Gasteiger partial charge in [0.2, 0.25) is 0 Å². The van der Waals surface area contributed by atoms with E-state index < -0.39 is 0 Å². The van der Waals surface area contributed by atoms with Gasteiger partial charge in [-0.15, -0.1) is 22.7 Å². The molecule has 0 spiro atoms. The van der Waals surface area contributed by atoms with Gasteiger partial charge in [-0.3, -0.25) is 10.1 Å². The molecule has 0 atom stereocenters. The first-order valence-electron chi connectivity index (χ1n) is 8.54. The maximum atomic E-state index is 12.8. The van der Waals surface area contributed by atoms with Crippen LogP contribution in [0.1, 0.15) is 26.5 Å². The van der Waals surface area contributed by atoms with Gasteiger partial charge in [0.25, 0.3) is 5.91 Å². The fourth-order valence-electron chi connectivity index (χ4n) is 3.01. The molecule has 142 valence electrons. The maximum Gasteiger partial charge on any atom is 0.269 e. The molecule has 0 saturated carbocycles. The lowest BCUT2D eigenvalue weighted by atomic mass is 10.1. The van der Waals surface area contributed by atoms with Gasteiger partial charge in [0.15, 0.2) is 5.13 Å². The van der Waals surface area contributed by atoms with Crippen molar-refractivity contribution in [2.45, 2.75) is 20.8 Å². The van der Waals surface area contributed by atoms with Crippen LogP contribution in [0.5, 0.6) is 0 Å². The first kappa shape index (κ1) is 18.9. The number of nitrogens with two attached hydrogens (primary N) is 1. The van der Waals surface area contributed by atoms with Crippen LogP contribution < -0.4 is 11.1 Å². The molecule has 0 unspecified atom stereocenters. The Morgan fingerprint density at radius 3 is 2.64 bits per heavy atom. The number of halogens is 1. The van der Waals surface area contributed by atoms with Crippen LogP contribution >= 0.6 is 34.3 Å². The number of nitrogen functional groups attached to an aromatic ring is 1. The summed E-state index contributed by atoms with van der Waals surface area (Å²) in [4.78, 5) is 23.1. The number of hydrogen-bond acceptors (Lipinski definition) is 6. The lowest BCUT2D eigenvalue weighted by Crippen LogP contribution is -2.11. The van der Waals surface area contributed by atoms with Crippen LogP contribution in [-0.2, 0) is 0 Å². The van der Waals surface area contributed by atoms with Crippen molar-refractivity contribution < 1.29 is 4.79 Å². The second kappa shape index (κ2) is 7.16. The van der Waals surface area contributed by atoms with Crippen LogP contribution in [0, 0.1) is 20.8 Å². The molecular formula is C20H17ClN4OS2. The zero-order valence-electron chi connectivity index (χ0n) is 15.5. The third-order valence-corrected chi connectivity index (χ3v) is 6.94. The van der Waals surface area contributed by atoms with Gasteiger partial charge in [0, 0.05) is 27.0 Å². The van der Waals surface area contributed by atoms with E-state index in [1.807, 2.05) is 50.4 Å². The molecule has 4 aromatic rings. The van der Waals surface area contributed by atoms with E-state index in [0.717, 1.165) is 38.3 Å². The topological polar surface area (TPSA) is 80.9 Å². The number of hydrogen-bond donors (Lipinski definition) is 2. The number of aromatic nitrogens is 2.